The van der Waals surface area contributed by atoms with Gasteiger partial charge in [-0.2, -0.15) is 0 Å². The van der Waals surface area contributed by atoms with Gasteiger partial charge in [0.15, 0.2) is 11.6 Å². The highest BCUT2D eigenvalue weighted by molar-refractivity contribution is 5.81. The Hall–Kier alpha value is -1.52. The van der Waals surface area contributed by atoms with Crippen molar-refractivity contribution in [1.29, 1.82) is 0 Å². The first-order valence-corrected chi connectivity index (χ1v) is 5.91. The molecule has 0 bridgehead atoms. The minimum Gasteiger partial charge on any atom is -0.365 e. The smallest absolute Gasteiger partial charge is 0.158 e. The van der Waals surface area contributed by atoms with Gasteiger partial charge < -0.3 is 15.5 Å². The second-order valence-corrected chi connectivity index (χ2v) is 4.58. The van der Waals surface area contributed by atoms with Crippen molar-refractivity contribution in [3.05, 3.63) is 6.33 Å². The molecule has 0 radical (unpaired) electrons. The summed E-state index contributed by atoms with van der Waals surface area (Å²) in [4.78, 5) is 10.7. The van der Waals surface area contributed by atoms with Gasteiger partial charge in [-0.1, -0.05) is 12.8 Å². The van der Waals surface area contributed by atoms with Crippen LogP contribution in [0, 0.1) is 0 Å². The first kappa shape index (κ1) is 9.69. The highest BCUT2D eigenvalue weighted by Gasteiger charge is 2.23. The molecule has 5 heteroatoms. The lowest BCUT2D eigenvalue weighted by atomic mass is 10.2. The molecular weight excluding hydrogens is 202 g/mol. The molecule has 1 saturated carbocycles. The summed E-state index contributed by atoms with van der Waals surface area (Å²) < 4.78 is 0. The van der Waals surface area contributed by atoms with Crippen LogP contribution in [-0.2, 0) is 0 Å². The maximum atomic E-state index is 4.34. The molecule has 0 saturated heterocycles. The average molecular weight is 219 g/mol. The Morgan fingerprint density at radius 1 is 1.38 bits per heavy atom. The molecule has 2 N–H and O–H groups in total. The van der Waals surface area contributed by atoms with E-state index in [4.69, 9.17) is 0 Å². The van der Waals surface area contributed by atoms with E-state index in [9.17, 15) is 0 Å². The van der Waals surface area contributed by atoms with Crippen molar-refractivity contribution in [2.24, 2.45) is 0 Å². The van der Waals surface area contributed by atoms with Crippen molar-refractivity contribution < 1.29 is 0 Å². The molecule has 3 rings (SSSR count). The van der Waals surface area contributed by atoms with Gasteiger partial charge in [0.1, 0.15) is 12.0 Å². The van der Waals surface area contributed by atoms with Crippen LogP contribution >= 0.6 is 0 Å². The quantitative estimate of drug-likeness (QED) is 0.792. The minimum atomic E-state index is 0.590. The van der Waals surface area contributed by atoms with Crippen LogP contribution in [-0.4, -0.2) is 29.7 Å². The van der Waals surface area contributed by atoms with Crippen molar-refractivity contribution in [3.8, 4) is 0 Å². The summed E-state index contributed by atoms with van der Waals surface area (Å²) in [6.45, 7) is 0.813. The lowest BCUT2D eigenvalue weighted by molar-refractivity contribution is 0.750. The van der Waals surface area contributed by atoms with Gasteiger partial charge in [-0.25, -0.2) is 9.97 Å². The average Bonchev–Trinajstić information content (AvgIpc) is 2.90. The van der Waals surface area contributed by atoms with E-state index in [1.807, 2.05) is 7.05 Å². The van der Waals surface area contributed by atoms with Crippen LogP contribution in [0.4, 0.5) is 17.3 Å². The predicted octanol–water partition coefficient (Wildman–Crippen LogP) is 1.65. The molecule has 0 aromatic carbocycles. The third kappa shape index (κ3) is 1.56. The van der Waals surface area contributed by atoms with Gasteiger partial charge in [0.25, 0.3) is 0 Å². The van der Waals surface area contributed by atoms with Gasteiger partial charge in [0, 0.05) is 13.1 Å². The van der Waals surface area contributed by atoms with E-state index in [1.54, 1.807) is 6.33 Å². The fraction of sp³-hybridized carbons (Fsp3) is 0.636. The van der Waals surface area contributed by atoms with Crippen LogP contribution < -0.4 is 15.5 Å². The van der Waals surface area contributed by atoms with Crippen LogP contribution in [0.25, 0.3) is 0 Å². The summed E-state index contributed by atoms with van der Waals surface area (Å²) in [7, 11) is 2.03. The Balaban J connectivity index is 1.84. The van der Waals surface area contributed by atoms with E-state index in [0.29, 0.717) is 6.04 Å². The number of hydrogen-bond donors (Lipinski definition) is 2. The zero-order valence-corrected chi connectivity index (χ0v) is 9.53. The lowest BCUT2D eigenvalue weighted by Gasteiger charge is -2.15. The van der Waals surface area contributed by atoms with Crippen LogP contribution in [0.3, 0.4) is 0 Å². The summed E-state index contributed by atoms with van der Waals surface area (Å²) in [6.07, 6.45) is 6.82. The summed E-state index contributed by atoms with van der Waals surface area (Å²) in [5.41, 5.74) is 1.05. The number of hydrogen-bond acceptors (Lipinski definition) is 5. The van der Waals surface area contributed by atoms with Crippen molar-refractivity contribution >= 4 is 17.3 Å². The van der Waals surface area contributed by atoms with Gasteiger partial charge in [-0.3, -0.25) is 0 Å². The summed E-state index contributed by atoms with van der Waals surface area (Å²) in [5.74, 6) is 1.96. The largest absolute Gasteiger partial charge is 0.365 e. The van der Waals surface area contributed by atoms with Gasteiger partial charge >= 0.3 is 0 Å². The highest BCUT2D eigenvalue weighted by atomic mass is 15.3. The zero-order valence-electron chi connectivity index (χ0n) is 9.53. The molecule has 86 valence electrons. The molecule has 1 aliphatic carbocycles. The van der Waals surface area contributed by atoms with Crippen LogP contribution in [0.5, 0.6) is 0 Å². The number of nitrogens with one attached hydrogen (secondary N) is 2. The van der Waals surface area contributed by atoms with E-state index in [0.717, 1.165) is 24.0 Å². The van der Waals surface area contributed by atoms with Gasteiger partial charge in [0.2, 0.25) is 0 Å². The zero-order chi connectivity index (χ0) is 11.0. The normalized spacial score (nSPS) is 19.7. The van der Waals surface area contributed by atoms with E-state index in [-0.39, 0.29) is 0 Å². The number of aromatic nitrogens is 2. The summed E-state index contributed by atoms with van der Waals surface area (Å²) >= 11 is 0. The van der Waals surface area contributed by atoms with Gasteiger partial charge in [-0.15, -0.1) is 0 Å². The Morgan fingerprint density at radius 2 is 2.19 bits per heavy atom. The number of rotatable bonds is 2. The number of fused-ring (bicyclic) bond motifs is 1. The van der Waals surface area contributed by atoms with Crippen molar-refractivity contribution in [3.63, 3.8) is 0 Å². The van der Waals surface area contributed by atoms with Gasteiger partial charge in [0.05, 0.1) is 6.67 Å². The topological polar surface area (TPSA) is 53.1 Å². The maximum absolute atomic E-state index is 4.34. The highest BCUT2D eigenvalue weighted by Crippen LogP contribution is 2.34. The number of nitrogens with zero attached hydrogens (tertiary/aromatic N) is 3. The van der Waals surface area contributed by atoms with E-state index in [1.165, 1.54) is 25.7 Å². The molecule has 1 aromatic heterocycles. The Bertz CT molecular complexity index is 386. The predicted molar refractivity (Wildman–Crippen MR) is 64.8 cm³/mol. The van der Waals surface area contributed by atoms with Crippen LogP contribution in [0.2, 0.25) is 0 Å². The minimum absolute atomic E-state index is 0.590. The summed E-state index contributed by atoms with van der Waals surface area (Å²) in [6, 6.07) is 0.590. The molecule has 0 unspecified atom stereocenters. The molecule has 1 aliphatic heterocycles. The first-order valence-electron chi connectivity index (χ1n) is 5.91. The second kappa shape index (κ2) is 3.81. The molecule has 2 heterocycles. The fourth-order valence-corrected chi connectivity index (χ4v) is 2.47. The van der Waals surface area contributed by atoms with Crippen molar-refractivity contribution in [1.82, 2.24) is 9.97 Å². The molecular formula is C11H17N5. The molecule has 0 spiro atoms. The second-order valence-electron chi connectivity index (χ2n) is 4.58. The third-order valence-electron chi connectivity index (χ3n) is 3.38. The Kier molecular flexibility index (Phi) is 2.31. The molecule has 16 heavy (non-hydrogen) atoms. The SMILES string of the molecule is CN1CNc2c(NC3CCCC3)ncnc21. The molecule has 5 nitrogen and oxygen atoms in total. The van der Waals surface area contributed by atoms with E-state index in [2.05, 4.69) is 25.5 Å². The van der Waals surface area contributed by atoms with Crippen LogP contribution in [0.1, 0.15) is 25.7 Å². The first-order chi connectivity index (χ1) is 7.84. The molecule has 2 aliphatic rings. The Labute approximate surface area is 95.3 Å². The molecule has 1 fully saturated rings. The summed E-state index contributed by atoms with van der Waals surface area (Å²) in [5, 5.41) is 6.85. The van der Waals surface area contributed by atoms with Gasteiger partial charge in [-0.05, 0) is 12.8 Å². The third-order valence-corrected chi connectivity index (χ3v) is 3.38. The Morgan fingerprint density at radius 3 is 3.00 bits per heavy atom. The van der Waals surface area contributed by atoms with Crippen molar-refractivity contribution in [2.45, 2.75) is 31.7 Å². The molecule has 1 aromatic rings. The standard InChI is InChI=1S/C11H17N5/c1-16-7-14-9-10(12-6-13-11(9)16)15-8-4-2-3-5-8/h6,8,14H,2-5,7H2,1H3,(H,12,13,15). The number of anilines is 3. The maximum Gasteiger partial charge on any atom is 0.158 e. The molecule has 0 amide bonds. The fourth-order valence-electron chi connectivity index (χ4n) is 2.47. The van der Waals surface area contributed by atoms with E-state index < -0.39 is 0 Å². The molecule has 0 atom stereocenters. The van der Waals surface area contributed by atoms with Crippen molar-refractivity contribution in [2.75, 3.05) is 29.2 Å². The van der Waals surface area contributed by atoms with Crippen LogP contribution in [0.15, 0.2) is 6.33 Å². The monoisotopic (exact) mass is 219 g/mol. The van der Waals surface area contributed by atoms with E-state index >= 15 is 0 Å². The lowest BCUT2D eigenvalue weighted by Crippen LogP contribution is -2.16.